The molecule has 0 aromatic carbocycles. The Morgan fingerprint density at radius 1 is 1.50 bits per heavy atom. The summed E-state index contributed by atoms with van der Waals surface area (Å²) in [5.41, 5.74) is 0.670. The Kier molecular flexibility index (Phi) is 2.58. The van der Waals surface area contributed by atoms with Crippen molar-refractivity contribution in [3.05, 3.63) is 30.1 Å². The van der Waals surface area contributed by atoms with Gasteiger partial charge in [0.1, 0.15) is 6.29 Å². The number of pyridine rings is 1. The van der Waals surface area contributed by atoms with E-state index in [0.29, 0.717) is 6.42 Å². The minimum Gasteiger partial charge on any atom is -0.303 e. The molecule has 1 rings (SSSR count). The second-order valence-electron chi connectivity index (χ2n) is 3.60. The van der Waals surface area contributed by atoms with E-state index in [-0.39, 0.29) is 5.41 Å². The van der Waals surface area contributed by atoms with Gasteiger partial charge in [-0.1, -0.05) is 19.9 Å². The van der Waals surface area contributed by atoms with Crippen molar-refractivity contribution in [2.75, 3.05) is 0 Å². The molecule has 0 fully saturated rings. The zero-order valence-electron chi connectivity index (χ0n) is 7.45. The predicted molar refractivity (Wildman–Crippen MR) is 47.8 cm³/mol. The standard InChI is InChI=1S/C10H13NO/c1-10(2,8-12)7-9-5-3-4-6-11-9/h3-6,8H,7H2,1-2H3. The number of hydrogen-bond donors (Lipinski definition) is 0. The Bertz CT molecular complexity index is 254. The Balaban J connectivity index is 2.70. The molecule has 1 heterocycles. The van der Waals surface area contributed by atoms with E-state index in [1.54, 1.807) is 6.20 Å². The van der Waals surface area contributed by atoms with Gasteiger partial charge in [-0.05, 0) is 12.1 Å². The number of aldehydes is 1. The maximum Gasteiger partial charge on any atom is 0.125 e. The van der Waals surface area contributed by atoms with Crippen LogP contribution in [0.1, 0.15) is 19.5 Å². The molecule has 0 saturated heterocycles. The summed E-state index contributed by atoms with van der Waals surface area (Å²) in [6, 6.07) is 5.74. The number of rotatable bonds is 3. The fourth-order valence-corrected chi connectivity index (χ4v) is 1.01. The lowest BCUT2D eigenvalue weighted by Gasteiger charge is -2.15. The van der Waals surface area contributed by atoms with Gasteiger partial charge in [0.15, 0.2) is 0 Å². The summed E-state index contributed by atoms with van der Waals surface area (Å²) >= 11 is 0. The van der Waals surface area contributed by atoms with E-state index in [1.807, 2.05) is 32.0 Å². The monoisotopic (exact) mass is 163 g/mol. The predicted octanol–water partition coefficient (Wildman–Crippen LogP) is 1.85. The third-order valence-electron chi connectivity index (χ3n) is 1.68. The number of hydrogen-bond acceptors (Lipinski definition) is 2. The first-order valence-corrected chi connectivity index (χ1v) is 4.00. The van der Waals surface area contributed by atoms with Crippen molar-refractivity contribution in [2.45, 2.75) is 20.3 Å². The van der Waals surface area contributed by atoms with Gasteiger partial charge in [0, 0.05) is 23.7 Å². The van der Waals surface area contributed by atoms with Gasteiger partial charge in [-0.15, -0.1) is 0 Å². The fourth-order valence-electron chi connectivity index (χ4n) is 1.01. The van der Waals surface area contributed by atoms with Gasteiger partial charge in [0.05, 0.1) is 0 Å². The zero-order valence-corrected chi connectivity index (χ0v) is 7.45. The average Bonchev–Trinajstić information content (AvgIpc) is 2.06. The highest BCUT2D eigenvalue weighted by molar-refractivity contribution is 5.58. The van der Waals surface area contributed by atoms with Gasteiger partial charge < -0.3 is 4.79 Å². The molecule has 0 radical (unpaired) electrons. The second kappa shape index (κ2) is 3.48. The molecule has 0 saturated carbocycles. The highest BCUT2D eigenvalue weighted by atomic mass is 16.1. The normalized spacial score (nSPS) is 11.2. The molecule has 0 spiro atoms. The topological polar surface area (TPSA) is 30.0 Å². The van der Waals surface area contributed by atoms with E-state index in [2.05, 4.69) is 4.98 Å². The summed E-state index contributed by atoms with van der Waals surface area (Å²) < 4.78 is 0. The number of carbonyl (C=O) groups is 1. The van der Waals surface area contributed by atoms with Gasteiger partial charge in [-0.3, -0.25) is 4.98 Å². The number of aromatic nitrogens is 1. The van der Waals surface area contributed by atoms with Gasteiger partial charge in [0.25, 0.3) is 0 Å². The third kappa shape index (κ3) is 2.46. The summed E-state index contributed by atoms with van der Waals surface area (Å²) in [4.78, 5) is 14.8. The van der Waals surface area contributed by atoms with E-state index in [9.17, 15) is 4.79 Å². The molecule has 0 bridgehead atoms. The summed E-state index contributed by atoms with van der Waals surface area (Å²) in [5, 5.41) is 0. The highest BCUT2D eigenvalue weighted by Gasteiger charge is 2.17. The molecule has 0 N–H and O–H groups in total. The molecule has 0 amide bonds. The van der Waals surface area contributed by atoms with Crippen LogP contribution in [0.2, 0.25) is 0 Å². The lowest BCUT2D eigenvalue weighted by Crippen LogP contribution is -2.16. The van der Waals surface area contributed by atoms with Gasteiger partial charge in [-0.25, -0.2) is 0 Å². The first kappa shape index (κ1) is 8.91. The summed E-state index contributed by atoms with van der Waals surface area (Å²) in [7, 11) is 0. The van der Waals surface area contributed by atoms with Crippen LogP contribution in [0.25, 0.3) is 0 Å². The van der Waals surface area contributed by atoms with Crippen molar-refractivity contribution in [1.82, 2.24) is 4.98 Å². The van der Waals surface area contributed by atoms with Crippen LogP contribution in [-0.2, 0) is 11.2 Å². The van der Waals surface area contributed by atoms with Crippen molar-refractivity contribution in [2.24, 2.45) is 5.41 Å². The average molecular weight is 163 g/mol. The van der Waals surface area contributed by atoms with Crippen LogP contribution >= 0.6 is 0 Å². The van der Waals surface area contributed by atoms with E-state index in [4.69, 9.17) is 0 Å². The first-order chi connectivity index (χ1) is 5.64. The van der Waals surface area contributed by atoms with Crippen LogP contribution in [-0.4, -0.2) is 11.3 Å². The van der Waals surface area contributed by atoms with E-state index >= 15 is 0 Å². The molecule has 12 heavy (non-hydrogen) atoms. The Morgan fingerprint density at radius 2 is 2.25 bits per heavy atom. The molecular weight excluding hydrogens is 150 g/mol. The quantitative estimate of drug-likeness (QED) is 0.636. The lowest BCUT2D eigenvalue weighted by atomic mass is 9.90. The van der Waals surface area contributed by atoms with E-state index in [1.165, 1.54) is 0 Å². The van der Waals surface area contributed by atoms with Crippen LogP contribution in [0.15, 0.2) is 24.4 Å². The Hall–Kier alpha value is -1.18. The summed E-state index contributed by atoms with van der Waals surface area (Å²) in [6.45, 7) is 3.82. The molecule has 2 nitrogen and oxygen atoms in total. The SMILES string of the molecule is CC(C)(C=O)Cc1ccccn1. The smallest absolute Gasteiger partial charge is 0.125 e. The van der Waals surface area contributed by atoms with Crippen molar-refractivity contribution < 1.29 is 4.79 Å². The first-order valence-electron chi connectivity index (χ1n) is 4.00. The largest absolute Gasteiger partial charge is 0.303 e. The molecule has 0 atom stereocenters. The van der Waals surface area contributed by atoms with Gasteiger partial charge in [0.2, 0.25) is 0 Å². The number of carbonyl (C=O) groups excluding carboxylic acids is 1. The van der Waals surface area contributed by atoms with Gasteiger partial charge in [-0.2, -0.15) is 0 Å². The van der Waals surface area contributed by atoms with E-state index < -0.39 is 0 Å². The molecule has 0 aliphatic heterocycles. The highest BCUT2D eigenvalue weighted by Crippen LogP contribution is 2.16. The Labute approximate surface area is 72.6 Å². The van der Waals surface area contributed by atoms with Crippen LogP contribution in [0.4, 0.5) is 0 Å². The molecule has 0 aliphatic rings. The molecule has 0 unspecified atom stereocenters. The van der Waals surface area contributed by atoms with Crippen LogP contribution in [0, 0.1) is 5.41 Å². The van der Waals surface area contributed by atoms with E-state index in [0.717, 1.165) is 12.0 Å². The van der Waals surface area contributed by atoms with Crippen LogP contribution < -0.4 is 0 Å². The van der Waals surface area contributed by atoms with Crippen molar-refractivity contribution in [3.63, 3.8) is 0 Å². The Morgan fingerprint density at radius 3 is 2.75 bits per heavy atom. The third-order valence-corrected chi connectivity index (χ3v) is 1.68. The number of nitrogens with zero attached hydrogens (tertiary/aromatic N) is 1. The lowest BCUT2D eigenvalue weighted by molar-refractivity contribution is -0.114. The fraction of sp³-hybridized carbons (Fsp3) is 0.400. The minimum atomic E-state index is -0.297. The molecular formula is C10H13NO. The maximum absolute atomic E-state index is 10.6. The summed E-state index contributed by atoms with van der Waals surface area (Å²) in [6.07, 6.45) is 3.43. The summed E-state index contributed by atoms with van der Waals surface area (Å²) in [5.74, 6) is 0. The molecule has 0 aliphatic carbocycles. The molecule has 1 aromatic rings. The van der Waals surface area contributed by atoms with Crippen molar-refractivity contribution >= 4 is 6.29 Å². The molecule has 64 valence electrons. The second-order valence-corrected chi connectivity index (χ2v) is 3.60. The molecule has 2 heteroatoms. The minimum absolute atomic E-state index is 0.297. The zero-order chi connectivity index (χ0) is 9.03. The maximum atomic E-state index is 10.6. The van der Waals surface area contributed by atoms with Crippen molar-refractivity contribution in [3.8, 4) is 0 Å². The molecule has 1 aromatic heterocycles. The van der Waals surface area contributed by atoms with Crippen molar-refractivity contribution in [1.29, 1.82) is 0 Å². The van der Waals surface area contributed by atoms with Crippen LogP contribution in [0.3, 0.4) is 0 Å². The van der Waals surface area contributed by atoms with Gasteiger partial charge >= 0.3 is 0 Å². The van der Waals surface area contributed by atoms with Crippen LogP contribution in [0.5, 0.6) is 0 Å².